The third-order valence-corrected chi connectivity index (χ3v) is 3.93. The molecule has 2 amide bonds. The number of hydrogen-bond donors (Lipinski definition) is 3. The van der Waals surface area contributed by atoms with Crippen molar-refractivity contribution in [2.75, 3.05) is 10.6 Å². The molecule has 0 saturated carbocycles. The molecule has 3 rings (SSSR count). The lowest BCUT2D eigenvalue weighted by Gasteiger charge is -2.08. The largest absolute Gasteiger partial charge is 0.318 e. The smallest absolute Gasteiger partial charge is 0.314 e. The van der Waals surface area contributed by atoms with Crippen LogP contribution in [0.15, 0.2) is 47.1 Å². The van der Waals surface area contributed by atoms with Crippen molar-refractivity contribution in [2.45, 2.75) is 6.92 Å². The van der Waals surface area contributed by atoms with Gasteiger partial charge < -0.3 is 10.6 Å². The van der Waals surface area contributed by atoms with Crippen molar-refractivity contribution >= 4 is 50.0 Å². The van der Waals surface area contributed by atoms with Crippen molar-refractivity contribution in [1.82, 2.24) is 10.2 Å². The quantitative estimate of drug-likeness (QED) is 0.603. The van der Waals surface area contributed by atoms with E-state index >= 15 is 0 Å². The zero-order valence-corrected chi connectivity index (χ0v) is 13.8. The van der Waals surface area contributed by atoms with Gasteiger partial charge in [-0.15, -0.1) is 0 Å². The monoisotopic (exact) mass is 372 g/mol. The molecular weight excluding hydrogens is 360 g/mol. The summed E-state index contributed by atoms with van der Waals surface area (Å²) in [5, 5.41) is 12.8. The Balaban J connectivity index is 1.70. The van der Waals surface area contributed by atoms with Gasteiger partial charge in [0.2, 0.25) is 0 Å². The number of aromatic nitrogens is 2. The van der Waals surface area contributed by atoms with Crippen LogP contribution in [0.2, 0.25) is 0 Å². The number of nitrogens with zero attached hydrogens (tertiary/aromatic N) is 1. The van der Waals surface area contributed by atoms with Crippen LogP contribution in [0, 0.1) is 6.92 Å². The van der Waals surface area contributed by atoms with Gasteiger partial charge in [-0.25, -0.2) is 0 Å². The second-order valence-corrected chi connectivity index (χ2v) is 5.92. The lowest BCUT2D eigenvalue weighted by Crippen LogP contribution is -2.29. The normalized spacial score (nSPS) is 10.5. The number of carbonyl (C=O) groups is 2. The van der Waals surface area contributed by atoms with Gasteiger partial charge in [-0.05, 0) is 58.7 Å². The zero-order valence-electron chi connectivity index (χ0n) is 12.2. The van der Waals surface area contributed by atoms with E-state index in [-0.39, 0.29) is 0 Å². The molecule has 23 heavy (non-hydrogen) atoms. The number of rotatable bonds is 2. The number of benzene rings is 2. The summed E-state index contributed by atoms with van der Waals surface area (Å²) in [7, 11) is 0. The van der Waals surface area contributed by atoms with Crippen LogP contribution in [0.4, 0.5) is 11.4 Å². The molecule has 0 spiro atoms. The molecule has 0 aliphatic rings. The molecule has 3 aromatic rings. The van der Waals surface area contributed by atoms with E-state index in [0.717, 1.165) is 20.9 Å². The topological polar surface area (TPSA) is 86.9 Å². The van der Waals surface area contributed by atoms with Gasteiger partial charge in [0.15, 0.2) is 0 Å². The molecule has 2 aromatic carbocycles. The SMILES string of the molecule is Cc1ccc(NC(=O)C(=O)Nc2ccc3cn[nH]c3c2)c(Br)c1. The van der Waals surface area contributed by atoms with Gasteiger partial charge in [0.05, 0.1) is 17.4 Å². The molecule has 0 fully saturated rings. The first-order valence-electron chi connectivity index (χ1n) is 6.84. The molecule has 0 bridgehead atoms. The van der Waals surface area contributed by atoms with E-state index in [2.05, 4.69) is 36.8 Å². The number of halogens is 1. The van der Waals surface area contributed by atoms with Gasteiger partial charge in [0.1, 0.15) is 0 Å². The summed E-state index contributed by atoms with van der Waals surface area (Å²) in [6.07, 6.45) is 1.68. The summed E-state index contributed by atoms with van der Waals surface area (Å²) in [6.45, 7) is 1.94. The first-order chi connectivity index (χ1) is 11.0. The molecule has 1 heterocycles. The van der Waals surface area contributed by atoms with E-state index in [1.54, 1.807) is 24.4 Å². The van der Waals surface area contributed by atoms with Crippen molar-refractivity contribution in [3.63, 3.8) is 0 Å². The number of nitrogens with one attached hydrogen (secondary N) is 3. The van der Waals surface area contributed by atoms with Crippen LogP contribution in [-0.2, 0) is 9.59 Å². The third kappa shape index (κ3) is 3.40. The van der Waals surface area contributed by atoms with Crippen molar-refractivity contribution in [2.24, 2.45) is 0 Å². The van der Waals surface area contributed by atoms with Gasteiger partial charge in [0.25, 0.3) is 0 Å². The van der Waals surface area contributed by atoms with Crippen molar-refractivity contribution in [3.8, 4) is 0 Å². The summed E-state index contributed by atoms with van der Waals surface area (Å²) in [6, 6.07) is 10.7. The molecule has 1 aromatic heterocycles. The Bertz CT molecular complexity index is 904. The van der Waals surface area contributed by atoms with Crippen molar-refractivity contribution < 1.29 is 9.59 Å². The van der Waals surface area contributed by atoms with Gasteiger partial charge in [0, 0.05) is 15.5 Å². The zero-order chi connectivity index (χ0) is 16.4. The second kappa shape index (κ2) is 6.21. The predicted molar refractivity (Wildman–Crippen MR) is 92.2 cm³/mol. The van der Waals surface area contributed by atoms with Gasteiger partial charge in [-0.1, -0.05) is 6.07 Å². The maximum absolute atomic E-state index is 12.0. The first kappa shape index (κ1) is 15.2. The molecule has 7 heteroatoms. The van der Waals surface area contributed by atoms with Crippen LogP contribution in [0.3, 0.4) is 0 Å². The molecule has 0 saturated heterocycles. The molecule has 0 atom stereocenters. The Hall–Kier alpha value is -2.67. The van der Waals surface area contributed by atoms with Gasteiger partial charge in [-0.2, -0.15) is 5.10 Å². The summed E-state index contributed by atoms with van der Waals surface area (Å²) < 4.78 is 0.720. The van der Waals surface area contributed by atoms with E-state index in [9.17, 15) is 9.59 Å². The number of anilines is 2. The minimum absolute atomic E-state index is 0.518. The first-order valence-corrected chi connectivity index (χ1v) is 7.64. The Kier molecular flexibility index (Phi) is 4.12. The number of hydrogen-bond acceptors (Lipinski definition) is 3. The summed E-state index contributed by atoms with van der Waals surface area (Å²) >= 11 is 3.36. The number of aromatic amines is 1. The van der Waals surface area contributed by atoms with Crippen LogP contribution < -0.4 is 10.6 Å². The average Bonchev–Trinajstić information content (AvgIpc) is 2.97. The Morgan fingerprint density at radius 1 is 1.09 bits per heavy atom. The highest BCUT2D eigenvalue weighted by Crippen LogP contribution is 2.23. The molecule has 116 valence electrons. The highest BCUT2D eigenvalue weighted by atomic mass is 79.9. The minimum Gasteiger partial charge on any atom is -0.318 e. The van der Waals surface area contributed by atoms with Crippen molar-refractivity contribution in [3.05, 3.63) is 52.6 Å². The number of H-pyrrole nitrogens is 1. The van der Waals surface area contributed by atoms with Crippen LogP contribution in [0.25, 0.3) is 10.9 Å². The minimum atomic E-state index is -0.739. The second-order valence-electron chi connectivity index (χ2n) is 5.06. The number of carbonyl (C=O) groups excluding carboxylic acids is 2. The van der Waals surface area contributed by atoms with Crippen LogP contribution >= 0.6 is 15.9 Å². The van der Waals surface area contributed by atoms with E-state index in [4.69, 9.17) is 0 Å². The van der Waals surface area contributed by atoms with E-state index in [0.29, 0.717) is 11.4 Å². The molecule has 6 nitrogen and oxygen atoms in total. The fourth-order valence-corrected chi connectivity index (χ4v) is 2.70. The third-order valence-electron chi connectivity index (χ3n) is 3.28. The Labute approximate surface area is 140 Å². The van der Waals surface area contributed by atoms with E-state index in [1.807, 2.05) is 25.1 Å². The van der Waals surface area contributed by atoms with E-state index < -0.39 is 11.8 Å². The summed E-state index contributed by atoms with van der Waals surface area (Å²) in [5.41, 5.74) is 2.89. The fourth-order valence-electron chi connectivity index (χ4n) is 2.10. The molecule has 3 N–H and O–H groups in total. The van der Waals surface area contributed by atoms with Crippen LogP contribution in [0.5, 0.6) is 0 Å². The molecule has 0 aliphatic heterocycles. The standard InChI is InChI=1S/C16H13BrN4O2/c1-9-2-5-13(12(17)6-9)20-16(23)15(22)19-11-4-3-10-8-18-21-14(10)7-11/h2-8H,1H3,(H,18,21)(H,19,22)(H,20,23). The van der Waals surface area contributed by atoms with Crippen LogP contribution in [0.1, 0.15) is 5.56 Å². The summed E-state index contributed by atoms with van der Waals surface area (Å²) in [4.78, 5) is 24.0. The van der Waals surface area contributed by atoms with Crippen LogP contribution in [-0.4, -0.2) is 22.0 Å². The molecule has 0 aliphatic carbocycles. The maximum Gasteiger partial charge on any atom is 0.314 e. The lowest BCUT2D eigenvalue weighted by atomic mass is 10.2. The lowest BCUT2D eigenvalue weighted by molar-refractivity contribution is -0.133. The maximum atomic E-state index is 12.0. The van der Waals surface area contributed by atoms with E-state index in [1.165, 1.54) is 0 Å². The molecular formula is C16H13BrN4O2. The average molecular weight is 373 g/mol. The van der Waals surface area contributed by atoms with Gasteiger partial charge >= 0.3 is 11.8 Å². The van der Waals surface area contributed by atoms with Crippen molar-refractivity contribution in [1.29, 1.82) is 0 Å². The number of aryl methyl sites for hydroxylation is 1. The highest BCUT2D eigenvalue weighted by Gasteiger charge is 2.15. The predicted octanol–water partition coefficient (Wildman–Crippen LogP) is 3.21. The Morgan fingerprint density at radius 2 is 1.87 bits per heavy atom. The Morgan fingerprint density at radius 3 is 2.65 bits per heavy atom. The summed E-state index contributed by atoms with van der Waals surface area (Å²) in [5.74, 6) is -1.48. The number of fused-ring (bicyclic) bond motifs is 1. The highest BCUT2D eigenvalue weighted by molar-refractivity contribution is 9.10. The van der Waals surface area contributed by atoms with Gasteiger partial charge in [-0.3, -0.25) is 14.7 Å². The molecule has 0 radical (unpaired) electrons. The fraction of sp³-hybridized carbons (Fsp3) is 0.0625. The number of amides is 2. The molecule has 0 unspecified atom stereocenters.